The van der Waals surface area contributed by atoms with Gasteiger partial charge in [-0.15, -0.1) is 10.2 Å². The maximum Gasteiger partial charge on any atom is 0.311 e. The summed E-state index contributed by atoms with van der Waals surface area (Å²) in [6.07, 6.45) is 2.66. The Morgan fingerprint density at radius 1 is 1.43 bits per heavy atom. The van der Waals surface area contributed by atoms with Gasteiger partial charge in [0.15, 0.2) is 11.5 Å². The molecule has 2 heterocycles. The van der Waals surface area contributed by atoms with Gasteiger partial charge in [-0.05, 0) is 30.9 Å². The van der Waals surface area contributed by atoms with Crippen LogP contribution < -0.4 is 10.2 Å². The van der Waals surface area contributed by atoms with E-state index in [-0.39, 0.29) is 17.5 Å². The Kier molecular flexibility index (Phi) is 3.27. The maximum absolute atomic E-state index is 11.6. The minimum Gasteiger partial charge on any atom is -0.481 e. The third-order valence-corrected chi connectivity index (χ3v) is 4.73. The van der Waals surface area contributed by atoms with Gasteiger partial charge in [-0.3, -0.25) is 9.59 Å². The molecule has 1 aromatic rings. The number of hydrogen-bond acceptors (Lipinski definition) is 5. The Labute approximate surface area is 122 Å². The van der Waals surface area contributed by atoms with E-state index < -0.39 is 11.4 Å². The monoisotopic (exact) mass is 290 g/mol. The number of nitrogens with one attached hydrogen (secondary N) is 1. The van der Waals surface area contributed by atoms with Crippen molar-refractivity contribution in [3.63, 3.8) is 0 Å². The number of rotatable bonds is 3. The first kappa shape index (κ1) is 13.8. The molecule has 1 saturated heterocycles. The molecule has 0 spiro atoms. The van der Waals surface area contributed by atoms with Gasteiger partial charge in [0, 0.05) is 20.1 Å². The standard InChI is InChI=1S/C14H18N4O3/c1-15-12(19)10-4-5-11(17-16-10)18-7-9-3-2-6-14(9,8-18)13(20)21/h4-5,9H,2-3,6-8H2,1H3,(H,15,19)(H,20,21)/t9-,14+/m0/s1. The molecule has 1 aromatic heterocycles. The molecule has 7 nitrogen and oxygen atoms in total. The molecule has 1 saturated carbocycles. The van der Waals surface area contributed by atoms with Gasteiger partial charge in [0.1, 0.15) is 0 Å². The summed E-state index contributed by atoms with van der Waals surface area (Å²) in [6, 6.07) is 3.34. The lowest BCUT2D eigenvalue weighted by Gasteiger charge is -2.23. The van der Waals surface area contributed by atoms with E-state index >= 15 is 0 Å². The number of anilines is 1. The Morgan fingerprint density at radius 2 is 2.24 bits per heavy atom. The van der Waals surface area contributed by atoms with Gasteiger partial charge >= 0.3 is 5.97 Å². The predicted octanol–water partition coefficient (Wildman–Crippen LogP) is 0.527. The van der Waals surface area contributed by atoms with E-state index in [1.54, 1.807) is 12.1 Å². The second-order valence-electron chi connectivity index (χ2n) is 5.79. The number of carbonyl (C=O) groups excluding carboxylic acids is 1. The third kappa shape index (κ3) is 2.12. The molecule has 3 rings (SSSR count). The highest BCUT2D eigenvalue weighted by molar-refractivity contribution is 5.91. The molecule has 1 aliphatic carbocycles. The second kappa shape index (κ2) is 4.98. The summed E-state index contributed by atoms with van der Waals surface area (Å²) in [6.45, 7) is 1.17. The quantitative estimate of drug-likeness (QED) is 0.843. The summed E-state index contributed by atoms with van der Waals surface area (Å²) in [5.41, 5.74) is -0.380. The van der Waals surface area contributed by atoms with Gasteiger partial charge in [-0.2, -0.15) is 0 Å². The van der Waals surface area contributed by atoms with Crippen molar-refractivity contribution in [3.8, 4) is 0 Å². The summed E-state index contributed by atoms with van der Waals surface area (Å²) >= 11 is 0. The van der Waals surface area contributed by atoms with E-state index in [4.69, 9.17) is 0 Å². The van der Waals surface area contributed by atoms with Crippen LogP contribution in [0.4, 0.5) is 5.82 Å². The summed E-state index contributed by atoms with van der Waals surface area (Å²) in [5, 5.41) is 20.0. The van der Waals surface area contributed by atoms with Crippen LogP contribution in [0.25, 0.3) is 0 Å². The van der Waals surface area contributed by atoms with Crippen molar-refractivity contribution in [2.75, 3.05) is 25.0 Å². The maximum atomic E-state index is 11.6. The van der Waals surface area contributed by atoms with Crippen molar-refractivity contribution in [3.05, 3.63) is 17.8 Å². The third-order valence-electron chi connectivity index (χ3n) is 4.73. The molecule has 2 fully saturated rings. The second-order valence-corrected chi connectivity index (χ2v) is 5.79. The Bertz CT molecular complexity index is 574. The van der Waals surface area contributed by atoms with E-state index in [0.717, 1.165) is 19.3 Å². The lowest BCUT2D eigenvalue weighted by atomic mass is 9.81. The number of nitrogens with zero attached hydrogens (tertiary/aromatic N) is 3. The zero-order valence-corrected chi connectivity index (χ0v) is 11.9. The molecule has 0 unspecified atom stereocenters. The topological polar surface area (TPSA) is 95.4 Å². The highest BCUT2D eigenvalue weighted by Crippen LogP contribution is 2.49. The van der Waals surface area contributed by atoms with Crippen LogP contribution in [0.5, 0.6) is 0 Å². The van der Waals surface area contributed by atoms with Crippen molar-refractivity contribution >= 4 is 17.7 Å². The number of carboxylic acid groups (broad SMARTS) is 1. The van der Waals surface area contributed by atoms with Gasteiger partial charge in [-0.1, -0.05) is 6.42 Å². The molecule has 1 amide bonds. The number of carboxylic acids is 1. The summed E-state index contributed by atoms with van der Waals surface area (Å²) in [5.74, 6) is -0.176. The lowest BCUT2D eigenvalue weighted by Crippen LogP contribution is -2.35. The van der Waals surface area contributed by atoms with Crippen molar-refractivity contribution in [1.82, 2.24) is 15.5 Å². The van der Waals surface area contributed by atoms with E-state index in [0.29, 0.717) is 18.9 Å². The minimum atomic E-state index is -0.706. The number of hydrogen-bond donors (Lipinski definition) is 2. The van der Waals surface area contributed by atoms with E-state index in [1.807, 2.05) is 4.90 Å². The zero-order valence-electron chi connectivity index (χ0n) is 11.9. The first-order valence-electron chi connectivity index (χ1n) is 7.11. The molecule has 7 heteroatoms. The van der Waals surface area contributed by atoms with Crippen LogP contribution in [0.3, 0.4) is 0 Å². The first-order chi connectivity index (χ1) is 10.1. The molecule has 1 aliphatic heterocycles. The minimum absolute atomic E-state index is 0.176. The fourth-order valence-corrected chi connectivity index (χ4v) is 3.56. The molecule has 2 atom stereocenters. The van der Waals surface area contributed by atoms with Crippen molar-refractivity contribution in [1.29, 1.82) is 0 Å². The largest absolute Gasteiger partial charge is 0.481 e. The first-order valence-corrected chi connectivity index (χ1v) is 7.11. The number of aromatic nitrogens is 2. The van der Waals surface area contributed by atoms with Crippen LogP contribution >= 0.6 is 0 Å². The van der Waals surface area contributed by atoms with Crippen molar-refractivity contribution in [2.45, 2.75) is 19.3 Å². The molecule has 112 valence electrons. The fourth-order valence-electron chi connectivity index (χ4n) is 3.56. The molecule has 0 radical (unpaired) electrons. The van der Waals surface area contributed by atoms with Gasteiger partial charge in [0.2, 0.25) is 0 Å². The Morgan fingerprint density at radius 3 is 2.81 bits per heavy atom. The zero-order chi connectivity index (χ0) is 15.0. The number of amides is 1. The molecule has 2 N–H and O–H groups in total. The van der Waals surface area contributed by atoms with Crippen molar-refractivity contribution in [2.24, 2.45) is 11.3 Å². The summed E-state index contributed by atoms with van der Waals surface area (Å²) < 4.78 is 0. The number of fused-ring (bicyclic) bond motifs is 1. The highest BCUT2D eigenvalue weighted by atomic mass is 16.4. The van der Waals surface area contributed by atoms with E-state index in [1.165, 1.54) is 7.05 Å². The van der Waals surface area contributed by atoms with Crippen LogP contribution in [0, 0.1) is 11.3 Å². The number of carbonyl (C=O) groups is 2. The van der Waals surface area contributed by atoms with Crippen molar-refractivity contribution < 1.29 is 14.7 Å². The van der Waals surface area contributed by atoms with Crippen LogP contribution in [-0.4, -0.2) is 47.3 Å². The highest BCUT2D eigenvalue weighted by Gasteiger charge is 2.55. The molecule has 0 aromatic carbocycles. The Balaban J connectivity index is 1.80. The van der Waals surface area contributed by atoms with Gasteiger partial charge in [-0.25, -0.2) is 0 Å². The smallest absolute Gasteiger partial charge is 0.311 e. The van der Waals surface area contributed by atoms with Gasteiger partial charge < -0.3 is 15.3 Å². The van der Waals surface area contributed by atoms with Crippen LogP contribution in [-0.2, 0) is 4.79 Å². The molecule has 2 aliphatic rings. The molecule has 21 heavy (non-hydrogen) atoms. The van der Waals surface area contributed by atoms with Crippen LogP contribution in [0.1, 0.15) is 29.8 Å². The van der Waals surface area contributed by atoms with Gasteiger partial charge in [0.05, 0.1) is 5.41 Å². The molecular formula is C14H18N4O3. The lowest BCUT2D eigenvalue weighted by molar-refractivity contribution is -0.149. The van der Waals surface area contributed by atoms with E-state index in [2.05, 4.69) is 15.5 Å². The SMILES string of the molecule is CNC(=O)c1ccc(N2C[C@@H]3CCC[C@@]3(C(=O)O)C2)nn1. The van der Waals surface area contributed by atoms with Crippen LogP contribution in [0.15, 0.2) is 12.1 Å². The summed E-state index contributed by atoms with van der Waals surface area (Å²) in [7, 11) is 1.54. The Hall–Kier alpha value is -2.18. The normalized spacial score (nSPS) is 27.5. The predicted molar refractivity (Wildman–Crippen MR) is 75.0 cm³/mol. The van der Waals surface area contributed by atoms with E-state index in [9.17, 15) is 14.7 Å². The van der Waals surface area contributed by atoms with Gasteiger partial charge in [0.25, 0.3) is 5.91 Å². The molecular weight excluding hydrogens is 272 g/mol. The van der Waals surface area contributed by atoms with Crippen LogP contribution in [0.2, 0.25) is 0 Å². The fraction of sp³-hybridized carbons (Fsp3) is 0.571. The summed E-state index contributed by atoms with van der Waals surface area (Å²) in [4.78, 5) is 25.1. The number of aliphatic carboxylic acids is 1. The average Bonchev–Trinajstić information content (AvgIpc) is 3.04. The average molecular weight is 290 g/mol. The molecule has 0 bridgehead atoms.